The Balaban J connectivity index is 1.53. The lowest BCUT2D eigenvalue weighted by atomic mass is 9.96. The van der Waals surface area contributed by atoms with Gasteiger partial charge in [-0.05, 0) is 58.4 Å². The minimum Gasteiger partial charge on any atom is -0.506 e. The molecule has 2 amide bonds. The zero-order valence-electron chi connectivity index (χ0n) is 19.5. The van der Waals surface area contributed by atoms with Gasteiger partial charge in [0.1, 0.15) is 11.9 Å². The largest absolute Gasteiger partial charge is 0.506 e. The Hall–Kier alpha value is -3.70. The molecule has 37 heavy (non-hydrogen) atoms. The Morgan fingerprint density at radius 2 is 1.84 bits per heavy atom. The van der Waals surface area contributed by atoms with Crippen LogP contribution in [0, 0.1) is 5.92 Å². The first-order valence-electron chi connectivity index (χ1n) is 11.1. The summed E-state index contributed by atoms with van der Waals surface area (Å²) < 4.78 is 17.5. The Morgan fingerprint density at radius 1 is 1.08 bits per heavy atom. The fourth-order valence-corrected chi connectivity index (χ4v) is 4.88. The second-order valence-corrected chi connectivity index (χ2v) is 9.91. The number of para-hydroxylation sites is 2. The second kappa shape index (κ2) is 11.6. The van der Waals surface area contributed by atoms with Gasteiger partial charge in [-0.15, -0.1) is 0 Å². The van der Waals surface area contributed by atoms with E-state index in [-0.39, 0.29) is 12.5 Å². The number of carbonyl (C=O) groups excluding carboxylic acids is 2. The monoisotopic (exact) mass is 631 g/mol. The molecule has 1 aliphatic rings. The number of phenolic OH excluding ortho intramolecular Hbond substituents is 1. The number of fused-ring (bicyclic) bond motifs is 1. The van der Waals surface area contributed by atoms with Crippen molar-refractivity contribution in [2.75, 3.05) is 23.2 Å². The fourth-order valence-electron chi connectivity index (χ4n) is 3.62. The Kier molecular flexibility index (Phi) is 8.24. The van der Waals surface area contributed by atoms with Gasteiger partial charge in [-0.3, -0.25) is 10.1 Å². The van der Waals surface area contributed by atoms with Crippen LogP contribution in [0.5, 0.6) is 17.2 Å². The molecule has 0 aromatic heterocycles. The molecule has 2 atom stereocenters. The van der Waals surface area contributed by atoms with Crippen LogP contribution in [0.1, 0.15) is 18.6 Å². The van der Waals surface area contributed by atoms with Gasteiger partial charge in [0.15, 0.2) is 11.5 Å². The van der Waals surface area contributed by atoms with Crippen molar-refractivity contribution in [3.05, 3.63) is 81.3 Å². The minimum absolute atomic E-state index is 0.0918. The summed E-state index contributed by atoms with van der Waals surface area (Å²) in [7, 11) is 0. The molecule has 0 unspecified atom stereocenters. The van der Waals surface area contributed by atoms with Crippen molar-refractivity contribution in [2.45, 2.75) is 13.0 Å². The van der Waals surface area contributed by atoms with Crippen LogP contribution >= 0.6 is 31.9 Å². The van der Waals surface area contributed by atoms with E-state index in [9.17, 15) is 14.7 Å². The molecule has 9 nitrogen and oxygen atoms in total. The predicted molar refractivity (Wildman–Crippen MR) is 147 cm³/mol. The summed E-state index contributed by atoms with van der Waals surface area (Å²) >= 11 is 6.72. The quantitative estimate of drug-likeness (QED) is 0.176. The number of nitrogen functional groups attached to an aromatic ring is 1. The number of hydrogen-bond donors (Lipinski definition) is 4. The van der Waals surface area contributed by atoms with Crippen LogP contribution < -0.4 is 25.8 Å². The van der Waals surface area contributed by atoms with Crippen molar-refractivity contribution in [1.82, 2.24) is 0 Å². The summed E-state index contributed by atoms with van der Waals surface area (Å²) in [5.74, 6) is 0.0616. The Labute approximate surface area is 229 Å². The molecule has 0 aliphatic carbocycles. The molecule has 192 valence electrons. The summed E-state index contributed by atoms with van der Waals surface area (Å²) in [6.45, 7) is 1.87. The van der Waals surface area contributed by atoms with Crippen molar-refractivity contribution in [3.8, 4) is 17.2 Å². The van der Waals surface area contributed by atoms with Gasteiger partial charge in [0.25, 0.3) is 0 Å². The van der Waals surface area contributed by atoms with Crippen LogP contribution in [-0.2, 0) is 9.53 Å². The van der Waals surface area contributed by atoms with Crippen LogP contribution in [0.2, 0.25) is 0 Å². The number of nitrogens with two attached hydrogens (primary N) is 1. The van der Waals surface area contributed by atoms with E-state index in [4.69, 9.17) is 19.9 Å². The van der Waals surface area contributed by atoms with E-state index >= 15 is 0 Å². The third-order valence-corrected chi connectivity index (χ3v) is 6.53. The Bertz CT molecular complexity index is 1360. The van der Waals surface area contributed by atoms with Gasteiger partial charge in [0, 0.05) is 27.7 Å². The van der Waals surface area contributed by atoms with Crippen LogP contribution in [0.4, 0.5) is 21.9 Å². The average Bonchev–Trinajstić information content (AvgIpc) is 3.33. The van der Waals surface area contributed by atoms with E-state index in [2.05, 4.69) is 42.5 Å². The first kappa shape index (κ1) is 26.4. The summed E-state index contributed by atoms with van der Waals surface area (Å²) in [6.07, 6.45) is 1.20. The number of rotatable bonds is 7. The molecule has 0 spiro atoms. The van der Waals surface area contributed by atoms with E-state index in [0.29, 0.717) is 43.1 Å². The number of hydrogen-bond acceptors (Lipinski definition) is 7. The van der Waals surface area contributed by atoms with Gasteiger partial charge in [-0.25, -0.2) is 4.79 Å². The average molecular weight is 633 g/mol. The van der Waals surface area contributed by atoms with Gasteiger partial charge in [-0.1, -0.05) is 41.1 Å². The highest BCUT2D eigenvalue weighted by Crippen LogP contribution is 2.40. The number of amides is 2. The molecule has 0 fully saturated rings. The normalized spacial score (nSPS) is 13.7. The van der Waals surface area contributed by atoms with Crippen molar-refractivity contribution >= 4 is 60.9 Å². The molecular weight excluding hydrogens is 610 g/mol. The van der Waals surface area contributed by atoms with Crippen molar-refractivity contribution in [1.29, 1.82) is 0 Å². The summed E-state index contributed by atoms with van der Waals surface area (Å²) in [5.41, 5.74) is 7.58. The number of halogens is 2. The lowest BCUT2D eigenvalue weighted by Crippen LogP contribution is -2.22. The number of carbonyl (C=O) groups is 2. The molecule has 3 aromatic rings. The SMILES string of the molecule is C[C@H](/C=C/C(=O)Nc1ccccc1N)[C@@H](OC(=O)Nc1ccc2c(c1)OCO2)c1cc(Br)cc(Br)c1O. The van der Waals surface area contributed by atoms with Crippen LogP contribution in [-0.4, -0.2) is 23.9 Å². The topological polar surface area (TPSA) is 132 Å². The molecule has 11 heteroatoms. The van der Waals surface area contributed by atoms with Crippen molar-refractivity contribution in [2.24, 2.45) is 5.92 Å². The smallest absolute Gasteiger partial charge is 0.412 e. The lowest BCUT2D eigenvalue weighted by Gasteiger charge is -2.24. The Morgan fingerprint density at radius 3 is 2.62 bits per heavy atom. The minimum atomic E-state index is -0.950. The molecule has 3 aromatic carbocycles. The van der Waals surface area contributed by atoms with E-state index in [1.807, 2.05) is 0 Å². The predicted octanol–water partition coefficient (Wildman–Crippen LogP) is 6.35. The summed E-state index contributed by atoms with van der Waals surface area (Å²) in [6, 6.07) is 15.2. The van der Waals surface area contributed by atoms with Gasteiger partial charge >= 0.3 is 6.09 Å². The van der Waals surface area contributed by atoms with Crippen molar-refractivity contribution < 1.29 is 28.9 Å². The van der Waals surface area contributed by atoms with Crippen molar-refractivity contribution in [3.63, 3.8) is 0 Å². The van der Waals surface area contributed by atoms with E-state index in [1.54, 1.807) is 67.6 Å². The molecule has 0 bridgehead atoms. The van der Waals surface area contributed by atoms with Gasteiger partial charge in [0.2, 0.25) is 12.7 Å². The number of benzene rings is 3. The third kappa shape index (κ3) is 6.55. The van der Waals surface area contributed by atoms with Gasteiger partial charge < -0.3 is 30.4 Å². The molecule has 1 aliphatic heterocycles. The summed E-state index contributed by atoms with van der Waals surface area (Å²) in [5, 5.41) is 16.1. The molecule has 4 rings (SSSR count). The molecule has 0 saturated heterocycles. The molecular formula is C26H23Br2N3O6. The van der Waals surface area contributed by atoms with Gasteiger partial charge in [0.05, 0.1) is 15.8 Å². The molecule has 5 N–H and O–H groups in total. The molecule has 0 radical (unpaired) electrons. The number of ether oxygens (including phenoxy) is 3. The third-order valence-electron chi connectivity index (χ3n) is 5.46. The van der Waals surface area contributed by atoms with Crippen LogP contribution in [0.3, 0.4) is 0 Å². The highest BCUT2D eigenvalue weighted by atomic mass is 79.9. The van der Waals surface area contributed by atoms with E-state index in [0.717, 1.165) is 0 Å². The maximum Gasteiger partial charge on any atom is 0.412 e. The van der Waals surface area contributed by atoms with Crippen LogP contribution in [0.15, 0.2) is 75.7 Å². The highest BCUT2D eigenvalue weighted by molar-refractivity contribution is 9.11. The number of anilines is 3. The molecule has 0 saturated carbocycles. The maximum absolute atomic E-state index is 12.9. The zero-order valence-corrected chi connectivity index (χ0v) is 22.7. The lowest BCUT2D eigenvalue weighted by molar-refractivity contribution is -0.111. The highest BCUT2D eigenvalue weighted by Gasteiger charge is 2.27. The maximum atomic E-state index is 12.9. The van der Waals surface area contributed by atoms with E-state index < -0.39 is 24.0 Å². The fraction of sp³-hybridized carbons (Fsp3) is 0.154. The van der Waals surface area contributed by atoms with Gasteiger partial charge in [-0.2, -0.15) is 0 Å². The van der Waals surface area contributed by atoms with E-state index in [1.165, 1.54) is 6.08 Å². The zero-order chi connectivity index (χ0) is 26.5. The first-order chi connectivity index (χ1) is 17.7. The number of phenols is 1. The standard InChI is InChI=1S/C26H23Br2N3O6/c1-14(6-9-23(32)31-20-5-3-2-4-19(20)29)25(17-10-15(27)11-18(28)24(17)33)37-26(34)30-16-7-8-21-22(12-16)36-13-35-21/h2-12,14,25,33H,13,29H2,1H3,(H,30,34)(H,31,32)/b9-6+/t14-,25-/m1/s1. The first-order valence-corrected chi connectivity index (χ1v) is 12.7. The molecule has 1 heterocycles. The second-order valence-electron chi connectivity index (χ2n) is 8.14. The summed E-state index contributed by atoms with van der Waals surface area (Å²) in [4.78, 5) is 25.4. The van der Waals surface area contributed by atoms with Crippen LogP contribution in [0.25, 0.3) is 0 Å². The number of nitrogens with one attached hydrogen (secondary N) is 2. The number of aromatic hydroxyl groups is 1.